The Hall–Kier alpha value is -2.15. The molecule has 8 heteroatoms. The number of amides is 1. The molecule has 7 nitrogen and oxygen atoms in total. The number of nitrogens with zero attached hydrogens (tertiary/aromatic N) is 4. The lowest BCUT2D eigenvalue weighted by Crippen LogP contribution is -2.43. The van der Waals surface area contributed by atoms with Gasteiger partial charge in [-0.3, -0.25) is 5.32 Å². The van der Waals surface area contributed by atoms with Gasteiger partial charge in [0.05, 0.1) is 5.41 Å². The lowest BCUT2D eigenvalue weighted by atomic mass is 9.58. The lowest BCUT2D eigenvalue weighted by Gasteiger charge is -2.46. The quantitative estimate of drug-likeness (QED) is 0.819. The van der Waals surface area contributed by atoms with Crippen LogP contribution in [0.15, 0.2) is 18.5 Å². The summed E-state index contributed by atoms with van der Waals surface area (Å²) in [5, 5.41) is 11.3. The number of ether oxygens (including phenoxy) is 1. The Morgan fingerprint density at radius 1 is 1.38 bits per heavy atom. The van der Waals surface area contributed by atoms with E-state index < -0.39 is 11.7 Å². The zero-order valence-corrected chi connectivity index (χ0v) is 16.5. The maximum atomic E-state index is 12.1. The van der Waals surface area contributed by atoms with E-state index in [9.17, 15) is 4.79 Å². The highest BCUT2D eigenvalue weighted by Crippen LogP contribution is 2.52. The Morgan fingerprint density at radius 2 is 2.08 bits per heavy atom. The first-order valence-corrected chi connectivity index (χ1v) is 8.99. The third kappa shape index (κ3) is 3.67. The molecule has 0 saturated heterocycles. The lowest BCUT2D eigenvalue weighted by molar-refractivity contribution is 0.0635. The van der Waals surface area contributed by atoms with Crippen LogP contribution in [0.2, 0.25) is 5.15 Å². The number of aryl methyl sites for hydroxylation is 1. The van der Waals surface area contributed by atoms with Crippen LogP contribution in [-0.2, 0) is 17.2 Å². The Labute approximate surface area is 158 Å². The second kappa shape index (κ2) is 6.54. The molecule has 0 aliphatic heterocycles. The van der Waals surface area contributed by atoms with E-state index in [2.05, 4.69) is 27.4 Å². The number of aromatic nitrogens is 4. The molecule has 26 heavy (non-hydrogen) atoms. The summed E-state index contributed by atoms with van der Waals surface area (Å²) in [7, 11) is 1.93. The second-order valence-electron chi connectivity index (χ2n) is 8.05. The summed E-state index contributed by atoms with van der Waals surface area (Å²) < 4.78 is 7.23. The van der Waals surface area contributed by atoms with Crippen LogP contribution in [-0.4, -0.2) is 31.4 Å². The first-order chi connectivity index (χ1) is 12.1. The third-order valence-electron chi connectivity index (χ3n) is 4.51. The van der Waals surface area contributed by atoms with Crippen LogP contribution in [0, 0.1) is 5.92 Å². The number of nitrogens with one attached hydrogen (secondary N) is 1. The zero-order chi connectivity index (χ0) is 19.1. The van der Waals surface area contributed by atoms with Crippen molar-refractivity contribution in [3.8, 4) is 0 Å². The predicted molar refractivity (Wildman–Crippen MR) is 99.3 cm³/mol. The van der Waals surface area contributed by atoms with Crippen LogP contribution in [0.5, 0.6) is 0 Å². The number of carbonyl (C=O) groups is 1. The van der Waals surface area contributed by atoms with Gasteiger partial charge in [-0.05, 0) is 57.2 Å². The molecule has 2 heterocycles. The Kier molecular flexibility index (Phi) is 4.69. The average molecular weight is 378 g/mol. The van der Waals surface area contributed by atoms with Crippen molar-refractivity contribution < 1.29 is 9.53 Å². The summed E-state index contributed by atoms with van der Waals surface area (Å²) >= 11 is 6.25. The molecule has 0 unspecified atom stereocenters. The van der Waals surface area contributed by atoms with Crippen LogP contribution < -0.4 is 5.32 Å². The molecule has 3 rings (SSSR count). The Bertz CT molecular complexity index is 821. The van der Waals surface area contributed by atoms with E-state index in [1.807, 2.05) is 44.5 Å². The second-order valence-corrected chi connectivity index (χ2v) is 8.44. The fourth-order valence-electron chi connectivity index (χ4n) is 3.64. The van der Waals surface area contributed by atoms with E-state index in [0.717, 1.165) is 24.2 Å². The van der Waals surface area contributed by atoms with Gasteiger partial charge in [0.1, 0.15) is 28.7 Å². The van der Waals surface area contributed by atoms with Crippen molar-refractivity contribution in [2.45, 2.75) is 51.6 Å². The minimum Gasteiger partial charge on any atom is -0.444 e. The highest BCUT2D eigenvalue weighted by Gasteiger charge is 2.48. The molecule has 0 spiro atoms. The summed E-state index contributed by atoms with van der Waals surface area (Å²) in [6.45, 7) is 7.63. The standard InChI is InChI=1S/C18H24ClN5O2/c1-11-8-18(9-11,15-23-20-10-24(15)5)12-6-13(19)21-14(7-12)22-16(25)26-17(2,3)4/h6-7,10-11H,8-9H2,1-5H3,(H,21,22,25). The topological polar surface area (TPSA) is 81.9 Å². The molecule has 2 aromatic rings. The molecule has 1 fully saturated rings. The summed E-state index contributed by atoms with van der Waals surface area (Å²) in [6.07, 6.45) is 3.01. The summed E-state index contributed by atoms with van der Waals surface area (Å²) in [5.74, 6) is 1.82. The summed E-state index contributed by atoms with van der Waals surface area (Å²) in [4.78, 5) is 16.3. The fourth-order valence-corrected chi connectivity index (χ4v) is 3.85. The predicted octanol–water partition coefficient (Wildman–Crippen LogP) is 3.93. The molecule has 1 aliphatic rings. The number of hydrogen-bond donors (Lipinski definition) is 1. The highest BCUT2D eigenvalue weighted by atomic mass is 35.5. The molecule has 1 saturated carbocycles. The smallest absolute Gasteiger partial charge is 0.413 e. The minimum absolute atomic E-state index is 0.276. The number of rotatable bonds is 3. The van der Waals surface area contributed by atoms with Gasteiger partial charge in [0, 0.05) is 7.05 Å². The molecular formula is C18H24ClN5O2. The van der Waals surface area contributed by atoms with E-state index in [1.54, 1.807) is 6.33 Å². The van der Waals surface area contributed by atoms with E-state index in [-0.39, 0.29) is 5.41 Å². The number of halogens is 1. The van der Waals surface area contributed by atoms with Crippen LogP contribution >= 0.6 is 11.6 Å². The molecule has 1 amide bonds. The van der Waals surface area contributed by atoms with Crippen molar-refractivity contribution in [1.82, 2.24) is 19.7 Å². The molecule has 1 N–H and O–H groups in total. The van der Waals surface area contributed by atoms with Gasteiger partial charge in [0.15, 0.2) is 0 Å². The number of pyridine rings is 1. The van der Waals surface area contributed by atoms with Crippen LogP contribution in [0.3, 0.4) is 0 Å². The van der Waals surface area contributed by atoms with Gasteiger partial charge in [-0.2, -0.15) is 0 Å². The van der Waals surface area contributed by atoms with Crippen molar-refractivity contribution in [1.29, 1.82) is 0 Å². The van der Waals surface area contributed by atoms with Crippen molar-refractivity contribution in [3.63, 3.8) is 0 Å². The Balaban J connectivity index is 1.94. The van der Waals surface area contributed by atoms with Gasteiger partial charge < -0.3 is 9.30 Å². The van der Waals surface area contributed by atoms with Gasteiger partial charge in [0.2, 0.25) is 0 Å². The van der Waals surface area contributed by atoms with Gasteiger partial charge in [0.25, 0.3) is 0 Å². The molecule has 140 valence electrons. The molecule has 1 aliphatic carbocycles. The number of anilines is 1. The maximum Gasteiger partial charge on any atom is 0.413 e. The summed E-state index contributed by atoms with van der Waals surface area (Å²) in [5.41, 5.74) is 0.105. The molecule has 0 atom stereocenters. The van der Waals surface area contributed by atoms with E-state index >= 15 is 0 Å². The monoisotopic (exact) mass is 377 g/mol. The highest BCUT2D eigenvalue weighted by molar-refractivity contribution is 6.29. The molecule has 2 aromatic heterocycles. The van der Waals surface area contributed by atoms with E-state index in [4.69, 9.17) is 16.3 Å². The number of carbonyl (C=O) groups excluding carboxylic acids is 1. The molecule has 0 bridgehead atoms. The fraction of sp³-hybridized carbons (Fsp3) is 0.556. The van der Waals surface area contributed by atoms with Crippen molar-refractivity contribution >= 4 is 23.5 Å². The maximum absolute atomic E-state index is 12.1. The largest absolute Gasteiger partial charge is 0.444 e. The van der Waals surface area contributed by atoms with Crippen LogP contribution in [0.25, 0.3) is 0 Å². The molecular weight excluding hydrogens is 354 g/mol. The van der Waals surface area contributed by atoms with E-state index in [0.29, 0.717) is 16.9 Å². The van der Waals surface area contributed by atoms with Gasteiger partial charge in [-0.15, -0.1) is 10.2 Å². The Morgan fingerprint density at radius 3 is 2.62 bits per heavy atom. The van der Waals surface area contributed by atoms with Crippen LogP contribution in [0.1, 0.15) is 51.9 Å². The first kappa shape index (κ1) is 18.6. The van der Waals surface area contributed by atoms with Gasteiger partial charge in [-0.1, -0.05) is 18.5 Å². The normalized spacial score (nSPS) is 22.6. The third-order valence-corrected chi connectivity index (χ3v) is 4.70. The number of hydrogen-bond acceptors (Lipinski definition) is 5. The zero-order valence-electron chi connectivity index (χ0n) is 15.7. The minimum atomic E-state index is -0.589. The van der Waals surface area contributed by atoms with Crippen molar-refractivity contribution in [3.05, 3.63) is 35.0 Å². The van der Waals surface area contributed by atoms with Gasteiger partial charge in [-0.25, -0.2) is 9.78 Å². The first-order valence-electron chi connectivity index (χ1n) is 8.62. The van der Waals surface area contributed by atoms with Crippen molar-refractivity contribution in [2.24, 2.45) is 13.0 Å². The van der Waals surface area contributed by atoms with Crippen molar-refractivity contribution in [2.75, 3.05) is 5.32 Å². The van der Waals surface area contributed by atoms with E-state index in [1.165, 1.54) is 0 Å². The molecule has 0 radical (unpaired) electrons. The molecule has 0 aromatic carbocycles. The van der Waals surface area contributed by atoms with Crippen LogP contribution in [0.4, 0.5) is 10.6 Å². The summed E-state index contributed by atoms with van der Waals surface area (Å²) in [6, 6.07) is 3.68. The van der Waals surface area contributed by atoms with Gasteiger partial charge >= 0.3 is 6.09 Å². The SMILES string of the molecule is CC1CC(c2cc(Cl)nc(NC(=O)OC(C)(C)C)c2)(c2nncn2C)C1. The average Bonchev–Trinajstić information content (AvgIpc) is 2.87.